The summed E-state index contributed by atoms with van der Waals surface area (Å²) in [4.78, 5) is 38.5. The number of allylic oxidation sites excluding steroid dienone is 14. The topological polar surface area (TPSA) is 78.9 Å². The van der Waals surface area contributed by atoms with Crippen LogP contribution in [0.5, 0.6) is 0 Å². The smallest absolute Gasteiger partial charge is 0.306 e. The van der Waals surface area contributed by atoms with Crippen molar-refractivity contribution >= 4 is 17.9 Å². The minimum atomic E-state index is -0.792. The molecule has 0 radical (unpaired) electrons. The summed E-state index contributed by atoms with van der Waals surface area (Å²) in [5, 5.41) is 0. The highest BCUT2D eigenvalue weighted by Crippen LogP contribution is 2.18. The number of ether oxygens (including phenoxy) is 3. The maximum atomic E-state index is 13.0. The lowest BCUT2D eigenvalue weighted by atomic mass is 10.0. The summed E-state index contributed by atoms with van der Waals surface area (Å²) in [5.41, 5.74) is 0. The van der Waals surface area contributed by atoms with Crippen LogP contribution in [0, 0.1) is 0 Å². The fourth-order valence-electron chi connectivity index (χ4n) is 10.5. The van der Waals surface area contributed by atoms with Gasteiger partial charge in [-0.1, -0.05) is 337 Å². The number of hydrogen-bond acceptors (Lipinski definition) is 6. The van der Waals surface area contributed by atoms with Gasteiger partial charge >= 0.3 is 17.9 Å². The van der Waals surface area contributed by atoms with Crippen molar-refractivity contribution < 1.29 is 28.6 Å². The number of unbranched alkanes of at least 4 members (excludes halogenated alkanes) is 41. The molecule has 0 N–H and O–H groups in total. The van der Waals surface area contributed by atoms with E-state index in [2.05, 4.69) is 106 Å². The standard InChI is InChI=1S/C77H136O6/c1-4-7-10-13-16-19-22-25-28-31-34-35-36-37-38-39-40-41-44-46-49-52-55-58-61-64-67-70-76(79)82-73-74(83-77(80)71-68-65-62-59-56-53-50-47-43-33-30-27-24-21-18-15-12-9-6-3)72-81-75(78)69-66-63-60-57-54-51-48-45-42-32-29-26-23-20-17-14-11-8-5-2/h9,12,17-18,20-21,26-27,29-30,42-43,45,47,74H,4-8,10-11,13-16,19,22-25,28,31-41,44,46,48-73H2,1-3H3/b12-9-,20-17-,21-18-,29-26-,30-27-,45-42-,47-43-. The molecule has 0 bridgehead atoms. The lowest BCUT2D eigenvalue weighted by Crippen LogP contribution is -2.30. The molecule has 0 fully saturated rings. The highest BCUT2D eigenvalue weighted by atomic mass is 16.6. The predicted molar refractivity (Wildman–Crippen MR) is 362 cm³/mol. The summed E-state index contributed by atoms with van der Waals surface area (Å²) >= 11 is 0. The lowest BCUT2D eigenvalue weighted by molar-refractivity contribution is -0.167. The molecular formula is C77H136O6. The lowest BCUT2D eigenvalue weighted by Gasteiger charge is -2.18. The van der Waals surface area contributed by atoms with Gasteiger partial charge in [0.2, 0.25) is 0 Å². The van der Waals surface area contributed by atoms with Crippen molar-refractivity contribution in [3.63, 3.8) is 0 Å². The van der Waals surface area contributed by atoms with Crippen LogP contribution < -0.4 is 0 Å². The Bertz CT molecular complexity index is 1570. The van der Waals surface area contributed by atoms with E-state index >= 15 is 0 Å². The molecular weight excluding hydrogens is 1020 g/mol. The molecule has 1 unspecified atom stereocenters. The van der Waals surface area contributed by atoms with Crippen LogP contribution >= 0.6 is 0 Å². The van der Waals surface area contributed by atoms with Gasteiger partial charge in [-0.15, -0.1) is 0 Å². The van der Waals surface area contributed by atoms with E-state index in [0.717, 1.165) is 116 Å². The van der Waals surface area contributed by atoms with Crippen molar-refractivity contribution in [3.8, 4) is 0 Å². The van der Waals surface area contributed by atoms with Gasteiger partial charge in [-0.05, 0) is 96.3 Å². The molecule has 0 aliphatic rings. The summed E-state index contributed by atoms with van der Waals surface area (Å²) in [5.74, 6) is -0.892. The van der Waals surface area contributed by atoms with E-state index < -0.39 is 6.10 Å². The maximum absolute atomic E-state index is 13.0. The van der Waals surface area contributed by atoms with Crippen LogP contribution in [0.4, 0.5) is 0 Å². The molecule has 0 aromatic heterocycles. The summed E-state index contributed by atoms with van der Waals surface area (Å²) in [6.45, 7) is 6.53. The van der Waals surface area contributed by atoms with Gasteiger partial charge in [-0.3, -0.25) is 14.4 Å². The molecule has 0 heterocycles. The van der Waals surface area contributed by atoms with Gasteiger partial charge in [0.15, 0.2) is 6.10 Å². The fourth-order valence-corrected chi connectivity index (χ4v) is 10.5. The van der Waals surface area contributed by atoms with Crippen LogP contribution in [-0.4, -0.2) is 37.2 Å². The Kier molecular flexibility index (Phi) is 68.2. The molecule has 0 spiro atoms. The quantitative estimate of drug-likeness (QED) is 0.0261. The van der Waals surface area contributed by atoms with Crippen LogP contribution in [0.25, 0.3) is 0 Å². The van der Waals surface area contributed by atoms with Gasteiger partial charge < -0.3 is 14.2 Å². The second-order valence-electron chi connectivity index (χ2n) is 24.1. The summed E-state index contributed by atoms with van der Waals surface area (Å²) in [6, 6.07) is 0. The summed E-state index contributed by atoms with van der Waals surface area (Å²) < 4.78 is 17.0. The van der Waals surface area contributed by atoms with Crippen LogP contribution in [-0.2, 0) is 28.6 Å². The zero-order valence-corrected chi connectivity index (χ0v) is 55.2. The Labute approximate surface area is 515 Å². The van der Waals surface area contributed by atoms with Gasteiger partial charge in [0, 0.05) is 19.3 Å². The van der Waals surface area contributed by atoms with Gasteiger partial charge in [0.25, 0.3) is 0 Å². The minimum Gasteiger partial charge on any atom is -0.462 e. The first-order valence-electron chi connectivity index (χ1n) is 36.1. The van der Waals surface area contributed by atoms with Gasteiger partial charge in [-0.25, -0.2) is 0 Å². The molecule has 83 heavy (non-hydrogen) atoms. The molecule has 0 aliphatic heterocycles. The zero-order chi connectivity index (χ0) is 59.9. The SMILES string of the molecule is CC/C=C\C/C=C\C/C=C\C/C=C\CCCCCCCCC(=O)OC(COC(=O)CCCCCCCC/C=C\C/C=C\C/C=C\CCCCC)COC(=O)CCCCCCCCCCCCCCCCCCCCCCCCCCCCC. The van der Waals surface area contributed by atoms with Crippen LogP contribution in [0.2, 0.25) is 0 Å². The molecule has 0 aliphatic carbocycles. The van der Waals surface area contributed by atoms with Crippen molar-refractivity contribution in [2.24, 2.45) is 0 Å². The number of rotatable bonds is 66. The number of hydrogen-bond donors (Lipinski definition) is 0. The molecule has 0 amide bonds. The molecule has 0 rings (SSSR count). The average molecular weight is 1160 g/mol. The summed E-state index contributed by atoms with van der Waals surface area (Å²) in [6.07, 6.45) is 94.7. The van der Waals surface area contributed by atoms with Crippen molar-refractivity contribution in [2.75, 3.05) is 13.2 Å². The maximum Gasteiger partial charge on any atom is 0.306 e. The first kappa shape index (κ1) is 79.6. The molecule has 0 aromatic carbocycles. The van der Waals surface area contributed by atoms with E-state index in [9.17, 15) is 14.4 Å². The van der Waals surface area contributed by atoms with E-state index in [-0.39, 0.29) is 31.1 Å². The normalized spacial score (nSPS) is 12.6. The molecule has 6 nitrogen and oxygen atoms in total. The molecule has 480 valence electrons. The Morgan fingerprint density at radius 3 is 0.759 bits per heavy atom. The minimum absolute atomic E-state index is 0.0839. The third-order valence-electron chi connectivity index (χ3n) is 15.9. The van der Waals surface area contributed by atoms with Gasteiger partial charge in [0.1, 0.15) is 13.2 Å². The Balaban J connectivity index is 4.33. The molecule has 6 heteroatoms. The number of carbonyl (C=O) groups is 3. The fraction of sp³-hybridized carbons (Fsp3) is 0.779. The Morgan fingerprint density at radius 2 is 0.470 bits per heavy atom. The number of carbonyl (C=O) groups excluding carboxylic acids is 3. The second-order valence-corrected chi connectivity index (χ2v) is 24.1. The van der Waals surface area contributed by atoms with Crippen LogP contribution in [0.15, 0.2) is 85.1 Å². The Hall–Kier alpha value is -3.41. The van der Waals surface area contributed by atoms with E-state index in [0.29, 0.717) is 19.3 Å². The highest BCUT2D eigenvalue weighted by molar-refractivity contribution is 5.71. The van der Waals surface area contributed by atoms with Crippen molar-refractivity contribution in [2.45, 2.75) is 374 Å². The van der Waals surface area contributed by atoms with E-state index in [1.807, 2.05) is 0 Å². The first-order chi connectivity index (χ1) is 41.0. The molecule has 0 aromatic rings. The van der Waals surface area contributed by atoms with Gasteiger partial charge in [-0.2, -0.15) is 0 Å². The monoisotopic (exact) mass is 1160 g/mol. The molecule has 0 saturated heterocycles. The van der Waals surface area contributed by atoms with E-state index in [4.69, 9.17) is 14.2 Å². The Morgan fingerprint density at radius 1 is 0.253 bits per heavy atom. The van der Waals surface area contributed by atoms with E-state index in [1.165, 1.54) is 212 Å². The molecule has 0 saturated carbocycles. The number of esters is 3. The van der Waals surface area contributed by atoms with Crippen molar-refractivity contribution in [3.05, 3.63) is 85.1 Å². The third-order valence-corrected chi connectivity index (χ3v) is 15.9. The van der Waals surface area contributed by atoms with E-state index in [1.54, 1.807) is 0 Å². The first-order valence-corrected chi connectivity index (χ1v) is 36.1. The third kappa shape index (κ3) is 69.3. The second kappa shape index (κ2) is 71.1. The van der Waals surface area contributed by atoms with Crippen molar-refractivity contribution in [1.29, 1.82) is 0 Å². The van der Waals surface area contributed by atoms with Crippen LogP contribution in [0.1, 0.15) is 367 Å². The highest BCUT2D eigenvalue weighted by Gasteiger charge is 2.19. The van der Waals surface area contributed by atoms with Crippen LogP contribution in [0.3, 0.4) is 0 Å². The largest absolute Gasteiger partial charge is 0.462 e. The summed E-state index contributed by atoms with van der Waals surface area (Å²) in [7, 11) is 0. The average Bonchev–Trinajstić information content (AvgIpc) is 3.50. The van der Waals surface area contributed by atoms with Crippen molar-refractivity contribution in [1.82, 2.24) is 0 Å². The zero-order valence-electron chi connectivity index (χ0n) is 55.2. The van der Waals surface area contributed by atoms with Gasteiger partial charge in [0.05, 0.1) is 0 Å². The predicted octanol–water partition coefficient (Wildman–Crippen LogP) is 25.0. The molecule has 1 atom stereocenters.